The molecule has 2 aromatic carbocycles. The van der Waals surface area contributed by atoms with Gasteiger partial charge in [0.1, 0.15) is 12.3 Å². The summed E-state index contributed by atoms with van der Waals surface area (Å²) in [6.07, 6.45) is 6.85. The molecule has 0 radical (unpaired) electrons. The number of anilines is 6. The Balaban J connectivity index is 0.788. The molecule has 0 spiro atoms. The number of carbonyl (C=O) groups is 2. The third-order valence-corrected chi connectivity index (χ3v) is 12.3. The second kappa shape index (κ2) is 15.1. The van der Waals surface area contributed by atoms with Gasteiger partial charge in [-0.2, -0.15) is 0 Å². The van der Waals surface area contributed by atoms with Gasteiger partial charge in [-0.05, 0) is 93.1 Å². The first-order chi connectivity index (χ1) is 27.6. The van der Waals surface area contributed by atoms with Crippen LogP contribution in [0.2, 0.25) is 0 Å². The standard InChI is InChI=1S/C42H48F2N10O3/c1-26-21-32(7-8-35(26)54-19-13-37(55)50-41(54)56)51-16-10-31(11-17-51)53-18-12-33(42(43,44)25-53)28-3-5-30(6-4-28)48-40-47-22-29-9-15-52(24-34(29)49-40)36-23-46-39-38(27(36)2)45-14-20-57-39/h3-8,21-23,31,33,45H,9-20,24-25H2,1-2H3,(H,47,48,49)(H,50,55,56). The van der Waals surface area contributed by atoms with Crippen LogP contribution in [0.3, 0.4) is 0 Å². The molecule has 5 aliphatic heterocycles. The number of halogens is 2. The van der Waals surface area contributed by atoms with E-state index in [0.717, 1.165) is 96.3 Å². The van der Waals surface area contributed by atoms with Gasteiger partial charge in [-0.15, -0.1) is 0 Å². The third-order valence-electron chi connectivity index (χ3n) is 12.3. The fraction of sp³-hybridized carbons (Fsp3) is 0.452. The van der Waals surface area contributed by atoms with E-state index in [1.807, 2.05) is 60.6 Å². The summed E-state index contributed by atoms with van der Waals surface area (Å²) in [6.45, 7) is 9.15. The van der Waals surface area contributed by atoms with Gasteiger partial charge in [0, 0.05) is 74.0 Å². The molecule has 0 aliphatic carbocycles. The number of nitrogens with one attached hydrogen (secondary N) is 3. The highest BCUT2D eigenvalue weighted by Crippen LogP contribution is 2.42. The lowest BCUT2D eigenvalue weighted by atomic mass is 9.85. The molecule has 3 amide bonds. The van der Waals surface area contributed by atoms with Crippen molar-refractivity contribution in [3.8, 4) is 5.88 Å². The minimum atomic E-state index is -2.86. The smallest absolute Gasteiger partial charge is 0.328 e. The zero-order chi connectivity index (χ0) is 39.3. The Morgan fingerprint density at radius 3 is 2.49 bits per heavy atom. The number of benzene rings is 2. The van der Waals surface area contributed by atoms with Crippen molar-refractivity contribution in [2.75, 3.05) is 77.8 Å². The summed E-state index contributed by atoms with van der Waals surface area (Å²) >= 11 is 0. The highest BCUT2D eigenvalue weighted by Gasteiger charge is 2.47. The molecule has 1 atom stereocenters. The fourth-order valence-corrected chi connectivity index (χ4v) is 9.14. The molecule has 3 saturated heterocycles. The first-order valence-electron chi connectivity index (χ1n) is 20.0. The van der Waals surface area contributed by atoms with Gasteiger partial charge in [0.25, 0.3) is 5.92 Å². The molecule has 298 valence electrons. The van der Waals surface area contributed by atoms with Gasteiger partial charge in [-0.3, -0.25) is 19.9 Å². The molecule has 0 bridgehead atoms. The number of carbonyl (C=O) groups excluding carboxylic acids is 2. The van der Waals surface area contributed by atoms with E-state index in [2.05, 4.69) is 48.7 Å². The summed E-state index contributed by atoms with van der Waals surface area (Å²) < 4.78 is 37.5. The summed E-state index contributed by atoms with van der Waals surface area (Å²) in [7, 11) is 0. The molecule has 4 aromatic rings. The molecule has 3 N–H and O–H groups in total. The number of hydrogen-bond acceptors (Lipinski definition) is 11. The van der Waals surface area contributed by atoms with Crippen LogP contribution in [0.1, 0.15) is 59.5 Å². The molecule has 5 aliphatic rings. The lowest BCUT2D eigenvalue weighted by molar-refractivity contribution is -0.120. The van der Waals surface area contributed by atoms with Crippen molar-refractivity contribution < 1.29 is 23.1 Å². The molecule has 0 saturated carbocycles. The van der Waals surface area contributed by atoms with E-state index in [0.29, 0.717) is 50.1 Å². The number of amides is 3. The maximum atomic E-state index is 15.9. The van der Waals surface area contributed by atoms with Gasteiger partial charge in [0.15, 0.2) is 0 Å². The number of aromatic nitrogens is 3. The number of alkyl halides is 2. The van der Waals surface area contributed by atoms with Crippen LogP contribution in [0.25, 0.3) is 0 Å². The van der Waals surface area contributed by atoms with Gasteiger partial charge in [0.05, 0.1) is 36.6 Å². The Morgan fingerprint density at radius 1 is 0.895 bits per heavy atom. The normalized spacial score (nSPS) is 21.3. The first-order valence-corrected chi connectivity index (χ1v) is 20.0. The van der Waals surface area contributed by atoms with E-state index in [9.17, 15) is 9.59 Å². The Hall–Kier alpha value is -5.57. The molecule has 15 heteroatoms. The quantitative estimate of drug-likeness (QED) is 0.200. The van der Waals surface area contributed by atoms with E-state index in [1.165, 1.54) is 0 Å². The topological polar surface area (TPSA) is 131 Å². The molecule has 57 heavy (non-hydrogen) atoms. The summed E-state index contributed by atoms with van der Waals surface area (Å²) in [5.74, 6) is -2.84. The van der Waals surface area contributed by atoms with E-state index in [1.54, 1.807) is 4.90 Å². The van der Waals surface area contributed by atoms with E-state index in [4.69, 9.17) is 9.72 Å². The van der Waals surface area contributed by atoms with Crippen molar-refractivity contribution >= 4 is 46.3 Å². The van der Waals surface area contributed by atoms with Crippen LogP contribution in [0.5, 0.6) is 5.88 Å². The molecule has 3 fully saturated rings. The summed E-state index contributed by atoms with van der Waals surface area (Å²) in [5.41, 5.74) is 9.35. The van der Waals surface area contributed by atoms with Crippen molar-refractivity contribution in [3.63, 3.8) is 0 Å². The van der Waals surface area contributed by atoms with Crippen molar-refractivity contribution in [2.24, 2.45) is 0 Å². The lowest BCUT2D eigenvalue weighted by Crippen LogP contribution is -2.54. The van der Waals surface area contributed by atoms with E-state index in [-0.39, 0.29) is 24.9 Å². The molecule has 7 heterocycles. The van der Waals surface area contributed by atoms with Crippen LogP contribution < -0.4 is 35.4 Å². The third kappa shape index (κ3) is 7.40. The average molecular weight is 779 g/mol. The van der Waals surface area contributed by atoms with Crippen molar-refractivity contribution in [3.05, 3.63) is 82.8 Å². The van der Waals surface area contributed by atoms with Crippen LogP contribution in [0.15, 0.2) is 54.9 Å². The SMILES string of the molecule is Cc1cc(N2CCC(N3CCC(c4ccc(Nc5ncc6c(n5)CN(c5cnc7c(c5C)NCCO7)CC6)cc4)C(F)(F)C3)CC2)ccc1N1CCC(=O)NC1=O. The van der Waals surface area contributed by atoms with Gasteiger partial charge < -0.3 is 25.2 Å². The van der Waals surface area contributed by atoms with Gasteiger partial charge >= 0.3 is 6.03 Å². The Bertz CT molecular complexity index is 2180. The second-order valence-corrected chi connectivity index (χ2v) is 15.8. The van der Waals surface area contributed by atoms with Crippen molar-refractivity contribution in [2.45, 2.75) is 70.4 Å². The molecular weight excluding hydrogens is 731 g/mol. The molecular formula is C42H48F2N10O3. The van der Waals surface area contributed by atoms with E-state index >= 15 is 8.78 Å². The number of imide groups is 1. The molecule has 9 rings (SSSR count). The van der Waals surface area contributed by atoms with E-state index < -0.39 is 17.9 Å². The van der Waals surface area contributed by atoms with Gasteiger partial charge in [-0.25, -0.2) is 28.5 Å². The largest absolute Gasteiger partial charge is 0.474 e. The number of rotatable bonds is 7. The van der Waals surface area contributed by atoms with Crippen LogP contribution >= 0.6 is 0 Å². The highest BCUT2D eigenvalue weighted by molar-refractivity contribution is 6.06. The minimum absolute atomic E-state index is 0.101. The van der Waals surface area contributed by atoms with Gasteiger partial charge in [-0.1, -0.05) is 12.1 Å². The van der Waals surface area contributed by atoms with Crippen LogP contribution in [0, 0.1) is 13.8 Å². The average Bonchev–Trinajstić information content (AvgIpc) is 3.21. The Labute approximate surface area is 330 Å². The number of hydrogen-bond donors (Lipinski definition) is 3. The zero-order valence-corrected chi connectivity index (χ0v) is 32.4. The maximum Gasteiger partial charge on any atom is 0.328 e. The Kier molecular flexibility index (Phi) is 9.79. The number of fused-ring (bicyclic) bond motifs is 2. The number of pyridine rings is 1. The molecule has 13 nitrogen and oxygen atoms in total. The number of nitrogens with zero attached hydrogens (tertiary/aromatic N) is 7. The summed E-state index contributed by atoms with van der Waals surface area (Å²) in [4.78, 5) is 46.1. The predicted octanol–water partition coefficient (Wildman–Crippen LogP) is 6.14. The number of urea groups is 1. The monoisotopic (exact) mass is 778 g/mol. The number of ether oxygens (including phenoxy) is 1. The summed E-state index contributed by atoms with van der Waals surface area (Å²) in [5, 5.41) is 9.09. The van der Waals surface area contributed by atoms with Gasteiger partial charge in [0.2, 0.25) is 17.7 Å². The van der Waals surface area contributed by atoms with Crippen LogP contribution in [-0.2, 0) is 17.8 Å². The predicted molar refractivity (Wildman–Crippen MR) is 215 cm³/mol. The van der Waals surface area contributed by atoms with Crippen LogP contribution in [-0.4, -0.2) is 96.2 Å². The number of aryl methyl sites for hydroxylation is 1. The van der Waals surface area contributed by atoms with Crippen molar-refractivity contribution in [1.29, 1.82) is 0 Å². The van der Waals surface area contributed by atoms with Crippen LogP contribution in [0.4, 0.5) is 48.0 Å². The fourth-order valence-electron chi connectivity index (χ4n) is 9.14. The maximum absolute atomic E-state index is 15.9. The highest BCUT2D eigenvalue weighted by atomic mass is 19.3. The Morgan fingerprint density at radius 2 is 1.72 bits per heavy atom. The summed E-state index contributed by atoms with van der Waals surface area (Å²) in [6, 6.07) is 13.0. The molecule has 2 aromatic heterocycles. The second-order valence-electron chi connectivity index (χ2n) is 15.8. The first kappa shape index (κ1) is 37.0. The minimum Gasteiger partial charge on any atom is -0.474 e. The number of likely N-dealkylation sites (tertiary alicyclic amines) is 1. The zero-order valence-electron chi connectivity index (χ0n) is 32.4. The molecule has 1 unspecified atom stereocenters. The lowest BCUT2D eigenvalue weighted by Gasteiger charge is -2.45. The van der Waals surface area contributed by atoms with Crippen molar-refractivity contribution in [1.82, 2.24) is 25.2 Å². The number of piperidine rings is 2.